The molecule has 1 amide bonds. The fourth-order valence-corrected chi connectivity index (χ4v) is 4.51. The Bertz CT molecular complexity index is 1110. The van der Waals surface area contributed by atoms with E-state index in [9.17, 15) is 9.59 Å². The molecule has 0 radical (unpaired) electrons. The molecule has 0 saturated carbocycles. The van der Waals surface area contributed by atoms with E-state index in [-0.39, 0.29) is 17.9 Å². The first-order valence-electron chi connectivity index (χ1n) is 10.5. The molecule has 32 heavy (non-hydrogen) atoms. The lowest BCUT2D eigenvalue weighted by molar-refractivity contribution is -0.130. The number of piperazine rings is 1. The van der Waals surface area contributed by atoms with Gasteiger partial charge >= 0.3 is 0 Å². The molecule has 1 N–H and O–H groups in total. The van der Waals surface area contributed by atoms with Gasteiger partial charge in [0.25, 0.3) is 5.56 Å². The van der Waals surface area contributed by atoms with Crippen molar-refractivity contribution in [2.24, 2.45) is 0 Å². The average Bonchev–Trinajstić information content (AvgIpc) is 2.83. The Morgan fingerprint density at radius 2 is 1.84 bits per heavy atom. The molecule has 2 aromatic carbocycles. The molecule has 1 fully saturated rings. The number of aromatic amines is 1. The van der Waals surface area contributed by atoms with Crippen LogP contribution in [-0.4, -0.2) is 54.1 Å². The second-order valence-electron chi connectivity index (χ2n) is 7.56. The lowest BCUT2D eigenvalue weighted by atomic mass is 10.2. The summed E-state index contributed by atoms with van der Waals surface area (Å²) in [4.78, 5) is 36.3. The molecule has 0 spiro atoms. The number of para-hydroxylation sites is 1. The van der Waals surface area contributed by atoms with E-state index in [1.54, 1.807) is 7.11 Å². The maximum atomic E-state index is 12.8. The number of carbonyl (C=O) groups is 1. The van der Waals surface area contributed by atoms with E-state index in [0.29, 0.717) is 29.7 Å². The summed E-state index contributed by atoms with van der Waals surface area (Å²) in [6.45, 7) is 2.91. The number of hydrogen-bond donors (Lipinski definition) is 1. The number of hydrogen-bond acceptors (Lipinski definition) is 6. The van der Waals surface area contributed by atoms with Crippen LogP contribution in [0.5, 0.6) is 5.75 Å². The topological polar surface area (TPSA) is 78.5 Å². The first-order valence-corrected chi connectivity index (χ1v) is 11.5. The van der Waals surface area contributed by atoms with Crippen LogP contribution in [0.25, 0.3) is 0 Å². The molecule has 7 nitrogen and oxygen atoms in total. The highest BCUT2D eigenvalue weighted by atomic mass is 32.2. The van der Waals surface area contributed by atoms with Crippen molar-refractivity contribution in [3.8, 4) is 5.75 Å². The molecule has 1 aliphatic rings. The van der Waals surface area contributed by atoms with Crippen molar-refractivity contribution in [2.75, 3.05) is 38.2 Å². The largest absolute Gasteiger partial charge is 0.497 e. The Morgan fingerprint density at radius 3 is 2.59 bits per heavy atom. The molecule has 1 aliphatic heterocycles. The third-order valence-electron chi connectivity index (χ3n) is 5.37. The third kappa shape index (κ3) is 5.70. The van der Waals surface area contributed by atoms with Gasteiger partial charge in [-0.3, -0.25) is 9.59 Å². The maximum Gasteiger partial charge on any atom is 0.251 e. The van der Waals surface area contributed by atoms with Crippen LogP contribution in [0.4, 0.5) is 5.69 Å². The number of thioether (sulfide) groups is 1. The van der Waals surface area contributed by atoms with Gasteiger partial charge in [-0.1, -0.05) is 42.1 Å². The number of rotatable bonds is 7. The normalized spacial score (nSPS) is 13.8. The van der Waals surface area contributed by atoms with Crippen molar-refractivity contribution in [2.45, 2.75) is 17.3 Å². The summed E-state index contributed by atoms with van der Waals surface area (Å²) in [6, 6.07) is 19.4. The minimum Gasteiger partial charge on any atom is -0.497 e. The lowest BCUT2D eigenvalue weighted by Gasteiger charge is -2.36. The molecule has 0 atom stereocenters. The molecule has 166 valence electrons. The summed E-state index contributed by atoms with van der Waals surface area (Å²) >= 11 is 1.43. The summed E-state index contributed by atoms with van der Waals surface area (Å²) in [7, 11) is 1.63. The Labute approximate surface area is 191 Å². The van der Waals surface area contributed by atoms with E-state index in [0.717, 1.165) is 24.4 Å². The van der Waals surface area contributed by atoms with Crippen LogP contribution < -0.4 is 15.2 Å². The van der Waals surface area contributed by atoms with Gasteiger partial charge < -0.3 is 19.5 Å². The monoisotopic (exact) mass is 450 g/mol. The summed E-state index contributed by atoms with van der Waals surface area (Å²) < 4.78 is 5.25. The first-order chi connectivity index (χ1) is 15.6. The van der Waals surface area contributed by atoms with Crippen molar-refractivity contribution in [1.29, 1.82) is 0 Å². The molecular weight excluding hydrogens is 424 g/mol. The Hall–Kier alpha value is -3.26. The average molecular weight is 451 g/mol. The van der Waals surface area contributed by atoms with Crippen molar-refractivity contribution in [3.05, 3.63) is 82.3 Å². The smallest absolute Gasteiger partial charge is 0.251 e. The number of aromatic nitrogens is 2. The highest BCUT2D eigenvalue weighted by Crippen LogP contribution is 2.22. The van der Waals surface area contributed by atoms with E-state index >= 15 is 0 Å². The van der Waals surface area contributed by atoms with Gasteiger partial charge in [0.2, 0.25) is 5.91 Å². The summed E-state index contributed by atoms with van der Waals surface area (Å²) in [6.07, 6.45) is 0.127. The SMILES string of the molecule is COc1cccc(CSc2nc(CC(=O)N3CCN(c4ccccc4)CC3)cc(=O)[nH]2)c1. The molecule has 8 heteroatoms. The number of benzene rings is 2. The van der Waals surface area contributed by atoms with Crippen molar-refractivity contribution in [1.82, 2.24) is 14.9 Å². The van der Waals surface area contributed by atoms with Gasteiger partial charge in [-0.05, 0) is 29.8 Å². The minimum atomic E-state index is -0.246. The zero-order valence-electron chi connectivity index (χ0n) is 18.0. The van der Waals surface area contributed by atoms with Gasteiger partial charge in [0.05, 0.1) is 19.2 Å². The van der Waals surface area contributed by atoms with E-state index in [1.165, 1.54) is 23.5 Å². The molecule has 1 saturated heterocycles. The van der Waals surface area contributed by atoms with Crippen molar-refractivity contribution in [3.63, 3.8) is 0 Å². The lowest BCUT2D eigenvalue weighted by Crippen LogP contribution is -2.49. The van der Waals surface area contributed by atoms with Gasteiger partial charge in [-0.2, -0.15) is 0 Å². The summed E-state index contributed by atoms with van der Waals surface area (Å²) in [5.74, 6) is 1.43. The highest BCUT2D eigenvalue weighted by Gasteiger charge is 2.22. The van der Waals surface area contributed by atoms with Crippen LogP contribution in [0.3, 0.4) is 0 Å². The second-order valence-corrected chi connectivity index (χ2v) is 8.53. The van der Waals surface area contributed by atoms with Gasteiger partial charge in [0.15, 0.2) is 5.16 Å². The number of ether oxygens (including phenoxy) is 1. The molecule has 4 rings (SSSR count). The zero-order chi connectivity index (χ0) is 22.3. The van der Waals surface area contributed by atoms with Gasteiger partial charge in [0, 0.05) is 43.7 Å². The van der Waals surface area contributed by atoms with Gasteiger partial charge in [-0.15, -0.1) is 0 Å². The van der Waals surface area contributed by atoms with Crippen LogP contribution in [0, 0.1) is 0 Å². The number of methoxy groups -OCH3 is 1. The number of nitrogens with one attached hydrogen (secondary N) is 1. The second kappa shape index (κ2) is 10.4. The standard InChI is InChI=1S/C24H26N4O3S/c1-31-21-9-5-6-18(14-21)17-32-24-25-19(15-22(29)26-24)16-23(30)28-12-10-27(11-13-28)20-7-3-2-4-8-20/h2-9,14-15H,10-13,16-17H2,1H3,(H,25,26,29). The van der Waals surface area contributed by atoms with Crippen LogP contribution in [0.1, 0.15) is 11.3 Å². The van der Waals surface area contributed by atoms with E-state index in [2.05, 4.69) is 27.0 Å². The molecule has 0 bridgehead atoms. The number of amides is 1. The van der Waals surface area contributed by atoms with Gasteiger partial charge in [-0.25, -0.2) is 4.98 Å². The summed E-state index contributed by atoms with van der Waals surface area (Å²) in [5, 5.41) is 0.511. The van der Waals surface area contributed by atoms with E-state index in [1.807, 2.05) is 47.4 Å². The number of nitrogens with zero attached hydrogens (tertiary/aromatic N) is 3. The quantitative estimate of drug-likeness (QED) is 0.441. The van der Waals surface area contributed by atoms with Crippen molar-refractivity contribution < 1.29 is 9.53 Å². The predicted molar refractivity (Wildman–Crippen MR) is 126 cm³/mol. The molecule has 1 aromatic heterocycles. The first kappa shape index (κ1) is 22.0. The number of H-pyrrole nitrogens is 1. The van der Waals surface area contributed by atoms with Crippen LogP contribution in [0.2, 0.25) is 0 Å². The van der Waals surface area contributed by atoms with E-state index < -0.39 is 0 Å². The maximum absolute atomic E-state index is 12.8. The minimum absolute atomic E-state index is 0.000410. The Morgan fingerprint density at radius 1 is 1.06 bits per heavy atom. The Kier molecular flexibility index (Phi) is 7.11. The fourth-order valence-electron chi connectivity index (χ4n) is 3.68. The molecule has 3 aromatic rings. The van der Waals surface area contributed by atoms with Crippen molar-refractivity contribution >= 4 is 23.4 Å². The van der Waals surface area contributed by atoms with Crippen LogP contribution >= 0.6 is 11.8 Å². The van der Waals surface area contributed by atoms with E-state index in [4.69, 9.17) is 4.74 Å². The van der Waals surface area contributed by atoms with Crippen LogP contribution in [0.15, 0.2) is 70.6 Å². The Balaban J connectivity index is 1.34. The molecule has 0 unspecified atom stereocenters. The number of anilines is 1. The zero-order valence-corrected chi connectivity index (χ0v) is 18.8. The van der Waals surface area contributed by atoms with Gasteiger partial charge in [0.1, 0.15) is 5.75 Å². The van der Waals surface area contributed by atoms with Crippen LogP contribution in [-0.2, 0) is 17.0 Å². The highest BCUT2D eigenvalue weighted by molar-refractivity contribution is 7.98. The number of carbonyl (C=O) groups excluding carboxylic acids is 1. The molecule has 2 heterocycles. The summed E-state index contributed by atoms with van der Waals surface area (Å²) in [5.41, 5.74) is 2.49. The third-order valence-corrected chi connectivity index (χ3v) is 6.31. The molecular formula is C24H26N4O3S. The molecule has 0 aliphatic carbocycles. The fraction of sp³-hybridized carbons (Fsp3) is 0.292. The predicted octanol–water partition coefficient (Wildman–Crippen LogP) is 2.96.